The SMILES string of the molecule is C#CCN(CCNC(=O)c1ccc(Sc2ccc(F)cc2)c([N+](=O)[O-])c1)CCOC(=O)c1ccc(C2(C(F)(F)F)N=N2)cc1. The highest BCUT2D eigenvalue weighted by Crippen LogP contribution is 2.52. The summed E-state index contributed by atoms with van der Waals surface area (Å²) in [6.45, 7) is 0.643. The Morgan fingerprint density at radius 3 is 2.30 bits per heavy atom. The summed E-state index contributed by atoms with van der Waals surface area (Å²) >= 11 is 1.06. The summed E-state index contributed by atoms with van der Waals surface area (Å²) < 4.78 is 57.8. The second kappa shape index (κ2) is 13.7. The minimum atomic E-state index is -4.68. The molecule has 0 unspecified atom stereocenters. The van der Waals surface area contributed by atoms with Gasteiger partial charge in [0.2, 0.25) is 0 Å². The van der Waals surface area contributed by atoms with E-state index >= 15 is 0 Å². The van der Waals surface area contributed by atoms with Crippen molar-refractivity contribution in [3.63, 3.8) is 0 Å². The predicted octanol–water partition coefficient (Wildman–Crippen LogP) is 5.59. The van der Waals surface area contributed by atoms with Gasteiger partial charge in [-0.05, 0) is 48.5 Å². The zero-order valence-corrected chi connectivity index (χ0v) is 23.5. The fraction of sp³-hybridized carbons (Fsp3) is 0.241. The normalized spacial score (nSPS) is 13.3. The van der Waals surface area contributed by atoms with Crippen LogP contribution in [0.2, 0.25) is 0 Å². The Bertz CT molecular complexity index is 1600. The third-order valence-electron chi connectivity index (χ3n) is 6.35. The average Bonchev–Trinajstić information content (AvgIpc) is 3.81. The third-order valence-corrected chi connectivity index (χ3v) is 7.42. The number of alkyl halides is 3. The molecular formula is C29H23F4N5O5S. The number of nitrogens with one attached hydrogen (secondary N) is 1. The van der Waals surface area contributed by atoms with E-state index < -0.39 is 34.5 Å². The molecule has 0 bridgehead atoms. The quantitative estimate of drug-likeness (QED) is 0.0859. The Morgan fingerprint density at radius 2 is 1.70 bits per heavy atom. The number of nitro groups is 1. The molecule has 3 aromatic rings. The molecule has 44 heavy (non-hydrogen) atoms. The minimum Gasteiger partial charge on any atom is -0.461 e. The molecule has 0 aromatic heterocycles. The first kappa shape index (κ1) is 32.1. The molecule has 1 N–H and O–H groups in total. The molecule has 1 aliphatic heterocycles. The molecule has 4 rings (SSSR count). The summed E-state index contributed by atoms with van der Waals surface area (Å²) in [7, 11) is 0. The number of hydrogen-bond donors (Lipinski definition) is 1. The van der Waals surface area contributed by atoms with Gasteiger partial charge in [0.25, 0.3) is 11.6 Å². The van der Waals surface area contributed by atoms with Crippen molar-refractivity contribution in [2.24, 2.45) is 10.2 Å². The van der Waals surface area contributed by atoms with E-state index in [0.717, 1.165) is 30.0 Å². The molecule has 0 radical (unpaired) electrons. The van der Waals surface area contributed by atoms with Crippen molar-refractivity contribution in [2.45, 2.75) is 21.6 Å². The zero-order valence-electron chi connectivity index (χ0n) is 22.7. The number of ether oxygens (including phenoxy) is 1. The van der Waals surface area contributed by atoms with Gasteiger partial charge >= 0.3 is 17.8 Å². The Balaban J connectivity index is 1.26. The molecule has 1 amide bonds. The number of nitro benzene ring substituents is 1. The number of carbonyl (C=O) groups excluding carboxylic acids is 2. The van der Waals surface area contributed by atoms with Gasteiger partial charge in [0.1, 0.15) is 12.4 Å². The molecular weight excluding hydrogens is 606 g/mol. The van der Waals surface area contributed by atoms with Crippen LogP contribution in [0.1, 0.15) is 26.3 Å². The summed E-state index contributed by atoms with van der Waals surface area (Å²) in [6, 6.07) is 14.1. The molecule has 10 nitrogen and oxygen atoms in total. The van der Waals surface area contributed by atoms with Crippen LogP contribution in [0.25, 0.3) is 0 Å². The van der Waals surface area contributed by atoms with Gasteiger partial charge < -0.3 is 10.1 Å². The monoisotopic (exact) mass is 629 g/mol. The zero-order chi connectivity index (χ0) is 31.9. The number of rotatable bonds is 13. The highest BCUT2D eigenvalue weighted by molar-refractivity contribution is 7.99. The summed E-state index contributed by atoms with van der Waals surface area (Å²) in [5.74, 6) is 0.719. The smallest absolute Gasteiger partial charge is 0.442 e. The molecule has 1 heterocycles. The van der Waals surface area contributed by atoms with Crippen molar-refractivity contribution >= 4 is 29.3 Å². The van der Waals surface area contributed by atoms with Gasteiger partial charge in [-0.15, -0.1) is 16.7 Å². The van der Waals surface area contributed by atoms with E-state index in [1.165, 1.54) is 48.5 Å². The van der Waals surface area contributed by atoms with Crippen LogP contribution in [0, 0.1) is 28.3 Å². The lowest BCUT2D eigenvalue weighted by Crippen LogP contribution is -2.37. The van der Waals surface area contributed by atoms with Gasteiger partial charge in [-0.25, -0.2) is 9.18 Å². The van der Waals surface area contributed by atoms with Crippen LogP contribution in [0.15, 0.2) is 86.7 Å². The van der Waals surface area contributed by atoms with Crippen molar-refractivity contribution in [3.8, 4) is 12.3 Å². The maximum absolute atomic E-state index is 13.2. The predicted molar refractivity (Wildman–Crippen MR) is 151 cm³/mol. The van der Waals surface area contributed by atoms with Crippen LogP contribution in [0.4, 0.5) is 23.2 Å². The van der Waals surface area contributed by atoms with E-state index in [1.807, 2.05) is 0 Å². The first-order valence-corrected chi connectivity index (χ1v) is 13.7. The number of amides is 1. The lowest BCUT2D eigenvalue weighted by atomic mass is 10.0. The lowest BCUT2D eigenvalue weighted by Gasteiger charge is -2.20. The number of nitrogens with zero attached hydrogens (tertiary/aromatic N) is 4. The van der Waals surface area contributed by atoms with Gasteiger partial charge in [0.05, 0.1) is 21.9 Å². The molecule has 15 heteroatoms. The Hall–Kier alpha value is -4.81. The second-order valence-electron chi connectivity index (χ2n) is 9.32. The van der Waals surface area contributed by atoms with Gasteiger partial charge in [-0.3, -0.25) is 19.8 Å². The highest BCUT2D eigenvalue weighted by Gasteiger charge is 2.65. The van der Waals surface area contributed by atoms with E-state index in [2.05, 4.69) is 21.5 Å². The van der Waals surface area contributed by atoms with E-state index in [4.69, 9.17) is 11.2 Å². The number of benzene rings is 3. The van der Waals surface area contributed by atoms with Crippen LogP contribution in [-0.4, -0.2) is 60.7 Å². The molecule has 0 saturated carbocycles. The van der Waals surface area contributed by atoms with Crippen LogP contribution in [0.5, 0.6) is 0 Å². The standard InChI is InChI=1S/C29H23F4N5O5S/c1-2-14-37(16-17-43-27(40)19-3-6-21(7-4-19)28(35-36-28)29(31,32)33)15-13-34-26(39)20-5-12-25(24(18-20)38(41)42)44-23-10-8-22(30)9-11-23/h1,3-12,18H,13-17H2,(H,34,39). The van der Waals surface area contributed by atoms with Crippen molar-refractivity contribution in [1.29, 1.82) is 0 Å². The van der Waals surface area contributed by atoms with Crippen molar-refractivity contribution in [2.75, 3.05) is 32.8 Å². The Kier molecular flexibility index (Phi) is 9.97. The fourth-order valence-corrected chi connectivity index (χ4v) is 4.88. The number of hydrogen-bond acceptors (Lipinski definition) is 9. The van der Waals surface area contributed by atoms with Crippen LogP contribution in [0.3, 0.4) is 0 Å². The topological polar surface area (TPSA) is 126 Å². The third kappa shape index (κ3) is 7.77. The molecule has 0 aliphatic carbocycles. The molecule has 228 valence electrons. The average molecular weight is 630 g/mol. The van der Waals surface area contributed by atoms with Crippen LogP contribution in [-0.2, 0) is 10.4 Å². The molecule has 0 spiro atoms. The maximum Gasteiger partial charge on any atom is 0.442 e. The van der Waals surface area contributed by atoms with Gasteiger partial charge in [-0.1, -0.05) is 29.8 Å². The largest absolute Gasteiger partial charge is 0.461 e. The highest BCUT2D eigenvalue weighted by atomic mass is 32.2. The molecule has 0 saturated heterocycles. The second-order valence-corrected chi connectivity index (χ2v) is 10.4. The van der Waals surface area contributed by atoms with Crippen molar-refractivity contribution in [3.05, 3.63) is 99.4 Å². The molecule has 1 aliphatic rings. The summed E-state index contributed by atoms with van der Waals surface area (Å²) in [5.41, 5.74) is -2.97. The molecule has 0 fully saturated rings. The van der Waals surface area contributed by atoms with Gasteiger partial charge in [-0.2, -0.15) is 13.2 Å². The lowest BCUT2D eigenvalue weighted by molar-refractivity contribution is -0.387. The molecule has 3 aromatic carbocycles. The Labute approximate surface area is 252 Å². The van der Waals surface area contributed by atoms with Gasteiger partial charge in [0.15, 0.2) is 0 Å². The van der Waals surface area contributed by atoms with Gasteiger partial charge in [0, 0.05) is 41.7 Å². The fourth-order valence-electron chi connectivity index (χ4n) is 3.98. The van der Waals surface area contributed by atoms with E-state index in [-0.39, 0.29) is 60.1 Å². The number of esters is 1. The van der Waals surface area contributed by atoms with E-state index in [9.17, 15) is 37.3 Å². The number of halogens is 4. The van der Waals surface area contributed by atoms with Crippen LogP contribution < -0.4 is 5.32 Å². The number of carbonyl (C=O) groups is 2. The first-order chi connectivity index (χ1) is 20.9. The number of terminal acetylenes is 1. The summed E-state index contributed by atoms with van der Waals surface area (Å²) in [6.07, 6.45) is 0.737. The maximum atomic E-state index is 13.2. The minimum absolute atomic E-state index is 0.0404. The van der Waals surface area contributed by atoms with Crippen molar-refractivity contribution < 1.29 is 36.8 Å². The Morgan fingerprint density at radius 1 is 1.05 bits per heavy atom. The summed E-state index contributed by atoms with van der Waals surface area (Å²) in [4.78, 5) is 38.7. The molecule has 0 atom stereocenters. The first-order valence-electron chi connectivity index (χ1n) is 12.9. The van der Waals surface area contributed by atoms with E-state index in [1.54, 1.807) is 4.90 Å². The van der Waals surface area contributed by atoms with Crippen LogP contribution >= 0.6 is 11.8 Å². The van der Waals surface area contributed by atoms with Crippen molar-refractivity contribution in [1.82, 2.24) is 10.2 Å². The summed E-state index contributed by atoms with van der Waals surface area (Å²) in [5, 5.41) is 20.5. The van der Waals surface area contributed by atoms with E-state index in [0.29, 0.717) is 4.90 Å².